The van der Waals surface area contributed by atoms with Gasteiger partial charge in [0.05, 0.1) is 0 Å². The molecule has 1 aliphatic rings. The van der Waals surface area contributed by atoms with Crippen LogP contribution >= 0.6 is 0 Å². The van der Waals surface area contributed by atoms with Gasteiger partial charge in [0, 0.05) is 25.3 Å². The fraction of sp³-hybridized carbons (Fsp3) is 0.625. The van der Waals surface area contributed by atoms with Crippen molar-refractivity contribution in [3.63, 3.8) is 0 Å². The highest BCUT2D eigenvalue weighted by Crippen LogP contribution is 2.30. The van der Waals surface area contributed by atoms with Crippen molar-refractivity contribution < 1.29 is 0 Å². The summed E-state index contributed by atoms with van der Waals surface area (Å²) in [5, 5.41) is 0. The summed E-state index contributed by atoms with van der Waals surface area (Å²) in [5.41, 5.74) is 10.0. The van der Waals surface area contributed by atoms with Crippen LogP contribution in [0.1, 0.15) is 43.7 Å². The molecule has 0 aliphatic heterocycles. The minimum absolute atomic E-state index is 0.450. The van der Waals surface area contributed by atoms with E-state index in [1.165, 1.54) is 29.7 Å². The highest BCUT2D eigenvalue weighted by Gasteiger charge is 2.27. The summed E-state index contributed by atoms with van der Waals surface area (Å²) in [5.74, 6) is 1.38. The van der Waals surface area contributed by atoms with Crippen molar-refractivity contribution in [1.82, 2.24) is 0 Å². The average molecular weight is 246 g/mol. The second-order valence-corrected chi connectivity index (χ2v) is 6.18. The topological polar surface area (TPSA) is 29.3 Å². The quantitative estimate of drug-likeness (QED) is 0.883. The predicted octanol–water partition coefficient (Wildman–Crippen LogP) is 3.29. The molecule has 1 aromatic rings. The molecule has 2 nitrogen and oxygen atoms in total. The van der Waals surface area contributed by atoms with Crippen molar-refractivity contribution in [3.05, 3.63) is 29.3 Å². The van der Waals surface area contributed by atoms with E-state index in [2.05, 4.69) is 50.9 Å². The van der Waals surface area contributed by atoms with Crippen molar-refractivity contribution in [2.45, 2.75) is 45.6 Å². The first kappa shape index (κ1) is 13.4. The third-order valence-corrected chi connectivity index (χ3v) is 4.12. The zero-order valence-corrected chi connectivity index (χ0v) is 12.1. The number of nitrogens with zero attached hydrogens (tertiary/aromatic N) is 1. The first-order chi connectivity index (χ1) is 8.47. The van der Waals surface area contributed by atoms with E-state index in [9.17, 15) is 0 Å². The molecule has 0 aromatic heterocycles. The molecule has 18 heavy (non-hydrogen) atoms. The van der Waals surface area contributed by atoms with Gasteiger partial charge in [-0.25, -0.2) is 0 Å². The van der Waals surface area contributed by atoms with Crippen LogP contribution in [-0.4, -0.2) is 19.6 Å². The molecule has 1 aromatic carbocycles. The molecule has 0 amide bonds. The minimum Gasteiger partial charge on any atom is -0.374 e. The maximum absolute atomic E-state index is 5.86. The van der Waals surface area contributed by atoms with Crippen LogP contribution in [0, 0.1) is 12.8 Å². The van der Waals surface area contributed by atoms with Crippen LogP contribution in [-0.2, 0) is 0 Å². The van der Waals surface area contributed by atoms with Gasteiger partial charge in [-0.3, -0.25) is 0 Å². The lowest BCUT2D eigenvalue weighted by atomic mass is 9.80. The van der Waals surface area contributed by atoms with Crippen LogP contribution < -0.4 is 10.6 Å². The van der Waals surface area contributed by atoms with E-state index in [1.54, 1.807) is 0 Å². The first-order valence-corrected chi connectivity index (χ1v) is 7.04. The number of hydrogen-bond donors (Lipinski definition) is 1. The van der Waals surface area contributed by atoms with E-state index in [4.69, 9.17) is 5.73 Å². The summed E-state index contributed by atoms with van der Waals surface area (Å²) in [4.78, 5) is 2.40. The number of benzene rings is 1. The van der Waals surface area contributed by atoms with Crippen molar-refractivity contribution in [2.24, 2.45) is 11.7 Å². The van der Waals surface area contributed by atoms with E-state index in [-0.39, 0.29) is 0 Å². The molecule has 2 N–H and O–H groups in total. The van der Waals surface area contributed by atoms with Crippen LogP contribution in [0.2, 0.25) is 0 Å². The Balaban J connectivity index is 2.08. The Hall–Kier alpha value is -1.02. The van der Waals surface area contributed by atoms with Gasteiger partial charge in [-0.2, -0.15) is 0 Å². The molecule has 100 valence electrons. The van der Waals surface area contributed by atoms with Gasteiger partial charge < -0.3 is 10.6 Å². The van der Waals surface area contributed by atoms with Crippen LogP contribution in [0.25, 0.3) is 0 Å². The van der Waals surface area contributed by atoms with E-state index < -0.39 is 0 Å². The Morgan fingerprint density at radius 1 is 1.33 bits per heavy atom. The van der Waals surface area contributed by atoms with Crippen LogP contribution in [0.4, 0.5) is 5.69 Å². The molecule has 0 unspecified atom stereocenters. The van der Waals surface area contributed by atoms with Gasteiger partial charge >= 0.3 is 0 Å². The Labute approximate surface area is 111 Å². The summed E-state index contributed by atoms with van der Waals surface area (Å²) in [7, 11) is 2.20. The lowest BCUT2D eigenvalue weighted by Gasteiger charge is -2.36. The fourth-order valence-electron chi connectivity index (χ4n) is 2.82. The van der Waals surface area contributed by atoms with Gasteiger partial charge in [-0.15, -0.1) is 0 Å². The molecule has 1 fully saturated rings. The second kappa shape index (κ2) is 5.31. The SMILES string of the molecule is Cc1ccc(C(C)C)cc1N(C)CC1CC(N)C1. The molecular formula is C16H26N2. The normalized spacial score (nSPS) is 23.0. The minimum atomic E-state index is 0.450. The number of hydrogen-bond acceptors (Lipinski definition) is 2. The molecule has 0 atom stereocenters. The lowest BCUT2D eigenvalue weighted by molar-refractivity contribution is 0.271. The molecule has 1 saturated carbocycles. The third-order valence-electron chi connectivity index (χ3n) is 4.12. The van der Waals surface area contributed by atoms with Crippen LogP contribution in [0.3, 0.4) is 0 Å². The molecule has 1 aliphatic carbocycles. The van der Waals surface area contributed by atoms with Crippen molar-refractivity contribution >= 4 is 5.69 Å². The van der Waals surface area contributed by atoms with E-state index in [0.717, 1.165) is 12.5 Å². The van der Waals surface area contributed by atoms with Gasteiger partial charge in [0.25, 0.3) is 0 Å². The van der Waals surface area contributed by atoms with Gasteiger partial charge in [0.2, 0.25) is 0 Å². The number of rotatable bonds is 4. The Bertz CT molecular complexity index is 406. The molecule has 0 radical (unpaired) electrons. The monoisotopic (exact) mass is 246 g/mol. The standard InChI is InChI=1S/C16H26N2/c1-11(2)14-6-5-12(3)16(9-14)18(4)10-13-7-15(17)8-13/h5-6,9,11,13,15H,7-8,10,17H2,1-4H3. The lowest BCUT2D eigenvalue weighted by Crippen LogP contribution is -2.42. The Kier molecular flexibility index (Phi) is 3.96. The number of aryl methyl sites for hydroxylation is 1. The molecular weight excluding hydrogens is 220 g/mol. The zero-order valence-electron chi connectivity index (χ0n) is 12.1. The third kappa shape index (κ3) is 2.86. The summed E-state index contributed by atoms with van der Waals surface area (Å²) >= 11 is 0. The van der Waals surface area contributed by atoms with Crippen LogP contribution in [0.5, 0.6) is 0 Å². The molecule has 0 saturated heterocycles. The molecule has 0 spiro atoms. The Morgan fingerprint density at radius 2 is 2.00 bits per heavy atom. The van der Waals surface area contributed by atoms with Gasteiger partial charge in [-0.05, 0) is 48.8 Å². The van der Waals surface area contributed by atoms with Crippen molar-refractivity contribution in [2.75, 3.05) is 18.5 Å². The summed E-state index contributed by atoms with van der Waals surface area (Å²) in [6.45, 7) is 7.83. The second-order valence-electron chi connectivity index (χ2n) is 6.18. The van der Waals surface area contributed by atoms with Gasteiger partial charge in [0.15, 0.2) is 0 Å². The highest BCUT2D eigenvalue weighted by atomic mass is 15.1. The number of nitrogens with two attached hydrogens (primary N) is 1. The van der Waals surface area contributed by atoms with E-state index in [1.807, 2.05) is 0 Å². The summed E-state index contributed by atoms with van der Waals surface area (Å²) < 4.78 is 0. The smallest absolute Gasteiger partial charge is 0.0396 e. The first-order valence-electron chi connectivity index (χ1n) is 7.04. The Morgan fingerprint density at radius 3 is 2.56 bits per heavy atom. The van der Waals surface area contributed by atoms with Crippen molar-refractivity contribution in [1.29, 1.82) is 0 Å². The van der Waals surface area contributed by atoms with E-state index >= 15 is 0 Å². The molecule has 0 heterocycles. The van der Waals surface area contributed by atoms with Gasteiger partial charge in [-0.1, -0.05) is 26.0 Å². The highest BCUT2D eigenvalue weighted by molar-refractivity contribution is 5.55. The average Bonchev–Trinajstić information content (AvgIpc) is 2.27. The zero-order chi connectivity index (χ0) is 13.3. The maximum atomic E-state index is 5.86. The van der Waals surface area contributed by atoms with Gasteiger partial charge in [0.1, 0.15) is 0 Å². The van der Waals surface area contributed by atoms with Crippen molar-refractivity contribution in [3.8, 4) is 0 Å². The summed E-state index contributed by atoms with van der Waals surface area (Å²) in [6.07, 6.45) is 2.38. The largest absolute Gasteiger partial charge is 0.374 e. The predicted molar refractivity (Wildman–Crippen MR) is 79.2 cm³/mol. The molecule has 2 heteroatoms. The summed E-state index contributed by atoms with van der Waals surface area (Å²) in [6, 6.07) is 7.29. The van der Waals surface area contributed by atoms with E-state index in [0.29, 0.717) is 12.0 Å². The fourth-order valence-corrected chi connectivity index (χ4v) is 2.82. The number of anilines is 1. The molecule has 0 bridgehead atoms. The maximum Gasteiger partial charge on any atom is 0.0396 e. The molecule has 2 rings (SSSR count). The van der Waals surface area contributed by atoms with Crippen LogP contribution in [0.15, 0.2) is 18.2 Å².